The zero-order chi connectivity index (χ0) is 26.0. The number of benzene rings is 2. The van der Waals surface area contributed by atoms with Gasteiger partial charge in [0.1, 0.15) is 0 Å². The quantitative estimate of drug-likeness (QED) is 0.221. The van der Waals surface area contributed by atoms with Crippen LogP contribution in [-0.4, -0.2) is 55.0 Å². The number of carbonyl (C=O) groups is 3. The van der Waals surface area contributed by atoms with Crippen molar-refractivity contribution in [3.63, 3.8) is 0 Å². The summed E-state index contributed by atoms with van der Waals surface area (Å²) >= 11 is 0. The summed E-state index contributed by atoms with van der Waals surface area (Å²) in [5.41, 5.74) is 6.46. The van der Waals surface area contributed by atoms with Crippen molar-refractivity contribution < 1.29 is 36.0 Å². The smallest absolute Gasteiger partial charge is 0.310 e. The molecule has 1 atom stereocenters. The van der Waals surface area contributed by atoms with E-state index in [1.165, 1.54) is 0 Å². The standard InChI is InChI=1S/C28H39NO4P.ClH/c1-17-13-19(3)25(20(4)14-17)27(31)34(12-11-24(30)33-23(7)29(8,9)10)28(32)26-21(5)15-18(2)16-22(26)6;/h13-16,23H,11-12H2,1-10H3;1H/q+1;/p-1. The van der Waals surface area contributed by atoms with Gasteiger partial charge in [0.2, 0.25) is 6.23 Å². The lowest BCUT2D eigenvalue weighted by Crippen LogP contribution is -3.00. The van der Waals surface area contributed by atoms with Crippen LogP contribution in [0.2, 0.25) is 0 Å². The van der Waals surface area contributed by atoms with Crippen LogP contribution in [0.1, 0.15) is 67.4 Å². The Hall–Kier alpha value is -2.07. The molecule has 7 heteroatoms. The Labute approximate surface area is 218 Å². The fourth-order valence-corrected chi connectivity index (χ4v) is 6.45. The molecule has 0 N–H and O–H groups in total. The minimum Gasteiger partial charge on any atom is -1.00 e. The van der Waals surface area contributed by atoms with Crippen LogP contribution in [0.3, 0.4) is 0 Å². The Bertz CT molecular complexity index is 1000. The van der Waals surface area contributed by atoms with E-state index in [0.717, 1.165) is 33.4 Å². The number of aryl methyl sites for hydroxylation is 6. The van der Waals surface area contributed by atoms with Crippen molar-refractivity contribution in [1.82, 2.24) is 0 Å². The number of hydrogen-bond donors (Lipinski definition) is 0. The topological polar surface area (TPSA) is 60.4 Å². The lowest BCUT2D eigenvalue weighted by atomic mass is 10.0. The summed E-state index contributed by atoms with van der Waals surface area (Å²) in [6, 6.07) is 7.88. The highest BCUT2D eigenvalue weighted by Gasteiger charge is 2.33. The Morgan fingerprint density at radius 3 is 1.43 bits per heavy atom. The molecule has 0 aliphatic rings. The van der Waals surface area contributed by atoms with Crippen LogP contribution in [0.15, 0.2) is 24.3 Å². The van der Waals surface area contributed by atoms with E-state index in [-0.39, 0.29) is 48.2 Å². The fraction of sp³-hybridized carbons (Fsp3) is 0.464. The van der Waals surface area contributed by atoms with Gasteiger partial charge in [0.05, 0.1) is 27.6 Å². The van der Waals surface area contributed by atoms with Crippen molar-refractivity contribution in [2.75, 3.05) is 27.3 Å². The molecule has 0 amide bonds. The monoisotopic (exact) mass is 519 g/mol. The van der Waals surface area contributed by atoms with Gasteiger partial charge in [0, 0.05) is 26.0 Å². The number of nitrogens with zero attached hydrogens (tertiary/aromatic N) is 1. The summed E-state index contributed by atoms with van der Waals surface area (Å²) in [7, 11) is 4.06. The van der Waals surface area contributed by atoms with E-state index >= 15 is 0 Å². The molecule has 2 aromatic carbocycles. The third-order valence-corrected chi connectivity index (χ3v) is 8.30. The first kappa shape index (κ1) is 31.0. The highest BCUT2D eigenvalue weighted by Crippen LogP contribution is 2.46. The first-order chi connectivity index (χ1) is 15.6. The van der Waals surface area contributed by atoms with E-state index in [1.807, 2.05) is 93.9 Å². The van der Waals surface area contributed by atoms with Crippen LogP contribution in [-0.2, 0) is 9.53 Å². The molecule has 0 fully saturated rings. The Kier molecular flexibility index (Phi) is 10.8. The predicted octanol–water partition coefficient (Wildman–Crippen LogP) is 2.99. The summed E-state index contributed by atoms with van der Waals surface area (Å²) in [5.74, 6) is -0.386. The first-order valence-electron chi connectivity index (χ1n) is 11.7. The number of halogens is 1. The molecule has 0 bridgehead atoms. The minimum atomic E-state index is -1.79. The Morgan fingerprint density at radius 2 is 1.11 bits per heavy atom. The summed E-state index contributed by atoms with van der Waals surface area (Å²) < 4.78 is 6.06. The van der Waals surface area contributed by atoms with E-state index in [9.17, 15) is 14.4 Å². The predicted molar refractivity (Wildman–Crippen MR) is 140 cm³/mol. The molecular weight excluding hydrogens is 481 g/mol. The number of rotatable bonds is 9. The lowest BCUT2D eigenvalue weighted by molar-refractivity contribution is -0.914. The molecule has 2 aromatic rings. The van der Waals surface area contributed by atoms with Crippen molar-refractivity contribution in [1.29, 1.82) is 0 Å². The number of quaternary nitrogens is 1. The van der Waals surface area contributed by atoms with Crippen LogP contribution >= 0.6 is 7.92 Å². The second-order valence-corrected chi connectivity index (χ2v) is 12.4. The molecule has 0 spiro atoms. The van der Waals surface area contributed by atoms with Crippen LogP contribution in [0.5, 0.6) is 0 Å². The van der Waals surface area contributed by atoms with Gasteiger partial charge in [-0.25, -0.2) is 0 Å². The molecule has 0 aromatic heterocycles. The molecule has 192 valence electrons. The first-order valence-corrected chi connectivity index (χ1v) is 13.2. The van der Waals surface area contributed by atoms with E-state index in [1.54, 1.807) is 0 Å². The molecule has 0 radical (unpaired) electrons. The lowest BCUT2D eigenvalue weighted by Gasteiger charge is -2.30. The van der Waals surface area contributed by atoms with Gasteiger partial charge in [-0.05, 0) is 70.0 Å². The summed E-state index contributed by atoms with van der Waals surface area (Å²) in [5, 5.41) is 0. The van der Waals surface area contributed by atoms with E-state index in [0.29, 0.717) is 15.6 Å². The van der Waals surface area contributed by atoms with Gasteiger partial charge in [0.25, 0.3) is 0 Å². The molecular formula is C28H39ClNO4P. The third kappa shape index (κ3) is 7.70. The van der Waals surface area contributed by atoms with Gasteiger partial charge in [-0.2, -0.15) is 0 Å². The molecule has 5 nitrogen and oxygen atoms in total. The second-order valence-electron chi connectivity index (χ2n) is 10.3. The van der Waals surface area contributed by atoms with E-state index in [4.69, 9.17) is 4.74 Å². The average molecular weight is 520 g/mol. The van der Waals surface area contributed by atoms with E-state index in [2.05, 4.69) is 0 Å². The van der Waals surface area contributed by atoms with Crippen molar-refractivity contribution in [2.45, 2.75) is 61.1 Å². The molecule has 2 rings (SSSR count). The van der Waals surface area contributed by atoms with Gasteiger partial charge in [-0.1, -0.05) is 35.4 Å². The van der Waals surface area contributed by atoms with Gasteiger partial charge >= 0.3 is 5.97 Å². The summed E-state index contributed by atoms with van der Waals surface area (Å²) in [6.07, 6.45) is -0.121. The van der Waals surface area contributed by atoms with Crippen LogP contribution in [0, 0.1) is 41.5 Å². The fourth-order valence-electron chi connectivity index (χ4n) is 4.21. The van der Waals surface area contributed by atoms with Crippen molar-refractivity contribution >= 4 is 24.9 Å². The molecule has 0 saturated carbocycles. The normalized spacial score (nSPS) is 12.2. The van der Waals surface area contributed by atoms with Crippen molar-refractivity contribution in [3.05, 3.63) is 68.8 Å². The van der Waals surface area contributed by atoms with E-state index < -0.39 is 7.92 Å². The third-order valence-electron chi connectivity index (χ3n) is 6.20. The number of ether oxygens (including phenoxy) is 1. The van der Waals surface area contributed by atoms with Crippen LogP contribution < -0.4 is 12.4 Å². The van der Waals surface area contributed by atoms with Gasteiger partial charge in [-0.15, -0.1) is 0 Å². The molecule has 0 saturated heterocycles. The average Bonchev–Trinajstić information content (AvgIpc) is 2.65. The molecule has 0 aliphatic carbocycles. The maximum atomic E-state index is 13.8. The number of esters is 1. The van der Waals surface area contributed by atoms with Gasteiger partial charge < -0.3 is 17.1 Å². The maximum Gasteiger partial charge on any atom is 0.310 e. The summed E-state index contributed by atoms with van der Waals surface area (Å²) in [4.78, 5) is 40.3. The Morgan fingerprint density at radius 1 is 0.771 bits per heavy atom. The molecule has 1 unspecified atom stereocenters. The largest absolute Gasteiger partial charge is 1.00 e. The van der Waals surface area contributed by atoms with Crippen molar-refractivity contribution in [2.24, 2.45) is 0 Å². The Balaban J connectivity index is 0.00000612. The molecule has 35 heavy (non-hydrogen) atoms. The highest BCUT2D eigenvalue weighted by molar-refractivity contribution is 7.90. The van der Waals surface area contributed by atoms with Crippen molar-refractivity contribution in [3.8, 4) is 0 Å². The van der Waals surface area contributed by atoms with Crippen LogP contribution in [0.25, 0.3) is 0 Å². The zero-order valence-corrected chi connectivity index (χ0v) is 24.4. The number of hydrogen-bond acceptors (Lipinski definition) is 4. The highest BCUT2D eigenvalue weighted by atomic mass is 35.5. The van der Waals surface area contributed by atoms with Crippen LogP contribution in [0.4, 0.5) is 0 Å². The van der Waals surface area contributed by atoms with Gasteiger partial charge in [0.15, 0.2) is 11.0 Å². The second kappa shape index (κ2) is 12.3. The zero-order valence-electron chi connectivity index (χ0n) is 22.7. The maximum absolute atomic E-state index is 13.8. The van der Waals surface area contributed by atoms with Gasteiger partial charge in [-0.3, -0.25) is 18.9 Å². The SMILES string of the molecule is Cc1cc(C)c(C(=O)P(CCC(=O)OC(C)[N+](C)(C)C)C(=O)c2c(C)cc(C)cc2C)c(C)c1.[Cl-]. The minimum absolute atomic E-state index is 0. The molecule has 0 heterocycles. The molecule has 0 aliphatic heterocycles. The number of carbonyl (C=O) groups excluding carboxylic acids is 3. The summed E-state index contributed by atoms with van der Waals surface area (Å²) in [6.45, 7) is 13.5.